The van der Waals surface area contributed by atoms with Gasteiger partial charge in [0, 0.05) is 39.3 Å². The molecule has 0 aromatic heterocycles. The lowest BCUT2D eigenvalue weighted by atomic mass is 10.1. The highest BCUT2D eigenvalue weighted by atomic mass is 127. The van der Waals surface area contributed by atoms with Gasteiger partial charge in [0.05, 0.1) is 26.4 Å². The number of guanidine groups is 1. The summed E-state index contributed by atoms with van der Waals surface area (Å²) in [6.07, 6.45) is 2.07. The quantitative estimate of drug-likeness (QED) is 0.180. The molecule has 0 amide bonds. The Bertz CT molecular complexity index is 551. The number of aliphatic imine (C=N–C) groups is 1. The number of ether oxygens (including phenoxy) is 4. The van der Waals surface area contributed by atoms with Crippen LogP contribution in [0.5, 0.6) is 5.75 Å². The minimum Gasteiger partial charge on any atom is -0.491 e. The van der Waals surface area contributed by atoms with Crippen LogP contribution in [-0.4, -0.2) is 65.8 Å². The summed E-state index contributed by atoms with van der Waals surface area (Å²) in [4.78, 5) is 4.65. The fraction of sp³-hybridized carbons (Fsp3) is 0.667. The molecule has 1 atom stereocenters. The van der Waals surface area contributed by atoms with E-state index in [9.17, 15) is 0 Å². The average molecular weight is 521 g/mol. The van der Waals surface area contributed by atoms with Crippen LogP contribution in [0.15, 0.2) is 29.3 Å². The van der Waals surface area contributed by atoms with Gasteiger partial charge >= 0.3 is 0 Å². The van der Waals surface area contributed by atoms with Crippen molar-refractivity contribution in [1.82, 2.24) is 10.6 Å². The first-order chi connectivity index (χ1) is 13.8. The minimum absolute atomic E-state index is 0. The first kappa shape index (κ1) is 25.9. The number of halogens is 1. The third-order valence-corrected chi connectivity index (χ3v) is 4.38. The molecule has 1 heterocycles. The molecule has 7 nitrogen and oxygen atoms in total. The zero-order chi connectivity index (χ0) is 19.9. The molecule has 0 bridgehead atoms. The molecule has 1 aromatic carbocycles. The summed E-state index contributed by atoms with van der Waals surface area (Å²) in [6.45, 7) is 8.77. The monoisotopic (exact) mass is 521 g/mol. The predicted octanol–water partition coefficient (Wildman–Crippen LogP) is 2.83. The Balaban J connectivity index is 0.00000420. The highest BCUT2D eigenvalue weighted by Gasteiger charge is 2.15. The normalized spacial score (nSPS) is 16.3. The number of methoxy groups -OCH3 is 1. The molecule has 2 N–H and O–H groups in total. The molecular formula is C21H36IN3O4. The highest BCUT2D eigenvalue weighted by molar-refractivity contribution is 14.0. The van der Waals surface area contributed by atoms with Gasteiger partial charge in [0.1, 0.15) is 12.4 Å². The van der Waals surface area contributed by atoms with Gasteiger partial charge in [0.25, 0.3) is 0 Å². The van der Waals surface area contributed by atoms with E-state index < -0.39 is 0 Å². The molecule has 1 aliphatic rings. The molecule has 0 spiro atoms. The van der Waals surface area contributed by atoms with Crippen molar-refractivity contribution in [3.8, 4) is 5.75 Å². The maximum absolute atomic E-state index is 5.73. The molecule has 2 rings (SSSR count). The molecular weight excluding hydrogens is 485 g/mol. The Morgan fingerprint density at radius 2 is 2.00 bits per heavy atom. The summed E-state index contributed by atoms with van der Waals surface area (Å²) in [5.41, 5.74) is 1.14. The maximum Gasteiger partial charge on any atom is 0.191 e. The third-order valence-electron chi connectivity index (χ3n) is 4.38. The number of nitrogens with one attached hydrogen (secondary N) is 2. The lowest BCUT2D eigenvalue weighted by molar-refractivity contribution is 0.0888. The van der Waals surface area contributed by atoms with Crippen LogP contribution < -0.4 is 15.4 Å². The van der Waals surface area contributed by atoms with Crippen LogP contribution in [0.4, 0.5) is 0 Å². The molecule has 1 saturated heterocycles. The minimum atomic E-state index is 0. The van der Waals surface area contributed by atoms with Crippen LogP contribution in [0, 0.1) is 5.92 Å². The average Bonchev–Trinajstić information content (AvgIpc) is 3.23. The van der Waals surface area contributed by atoms with E-state index in [0.717, 1.165) is 69.6 Å². The van der Waals surface area contributed by atoms with Crippen molar-refractivity contribution in [1.29, 1.82) is 0 Å². The van der Waals surface area contributed by atoms with E-state index in [0.29, 0.717) is 25.7 Å². The molecule has 1 fully saturated rings. The van der Waals surface area contributed by atoms with Crippen molar-refractivity contribution in [2.24, 2.45) is 10.9 Å². The van der Waals surface area contributed by atoms with E-state index in [-0.39, 0.29) is 24.0 Å². The second-order valence-corrected chi connectivity index (χ2v) is 6.77. The molecule has 8 heteroatoms. The van der Waals surface area contributed by atoms with E-state index in [4.69, 9.17) is 18.9 Å². The van der Waals surface area contributed by atoms with Crippen molar-refractivity contribution >= 4 is 29.9 Å². The summed E-state index contributed by atoms with van der Waals surface area (Å²) in [6, 6.07) is 8.01. The zero-order valence-corrected chi connectivity index (χ0v) is 20.0. The Hall–Kier alpha value is -1.10. The predicted molar refractivity (Wildman–Crippen MR) is 126 cm³/mol. The van der Waals surface area contributed by atoms with Crippen molar-refractivity contribution in [2.75, 3.05) is 59.8 Å². The molecule has 0 aliphatic carbocycles. The van der Waals surface area contributed by atoms with Crippen LogP contribution in [0.3, 0.4) is 0 Å². The fourth-order valence-electron chi connectivity index (χ4n) is 2.79. The molecule has 166 valence electrons. The number of benzene rings is 1. The Labute approximate surface area is 191 Å². The van der Waals surface area contributed by atoms with E-state index >= 15 is 0 Å². The number of hydrogen-bond donors (Lipinski definition) is 2. The van der Waals surface area contributed by atoms with Gasteiger partial charge in [-0.1, -0.05) is 12.1 Å². The van der Waals surface area contributed by atoms with Gasteiger partial charge in [-0.3, -0.25) is 0 Å². The van der Waals surface area contributed by atoms with Crippen LogP contribution in [0.25, 0.3) is 0 Å². The first-order valence-electron chi connectivity index (χ1n) is 10.2. The van der Waals surface area contributed by atoms with E-state index in [1.807, 2.05) is 24.3 Å². The van der Waals surface area contributed by atoms with Crippen molar-refractivity contribution < 1.29 is 18.9 Å². The number of nitrogens with zero attached hydrogens (tertiary/aromatic N) is 1. The largest absolute Gasteiger partial charge is 0.491 e. The smallest absolute Gasteiger partial charge is 0.191 e. The van der Waals surface area contributed by atoms with Crippen LogP contribution in [0.1, 0.15) is 25.3 Å². The third kappa shape index (κ3) is 11.6. The summed E-state index contributed by atoms with van der Waals surface area (Å²) in [7, 11) is 1.67. The first-order valence-corrected chi connectivity index (χ1v) is 10.2. The molecule has 1 unspecified atom stereocenters. The van der Waals surface area contributed by atoms with Crippen LogP contribution >= 0.6 is 24.0 Å². The summed E-state index contributed by atoms with van der Waals surface area (Å²) in [5.74, 6) is 2.25. The fourth-order valence-corrected chi connectivity index (χ4v) is 2.79. The molecule has 0 radical (unpaired) electrons. The van der Waals surface area contributed by atoms with Crippen LogP contribution in [0.2, 0.25) is 0 Å². The van der Waals surface area contributed by atoms with E-state index in [1.54, 1.807) is 7.11 Å². The molecule has 29 heavy (non-hydrogen) atoms. The topological polar surface area (TPSA) is 73.3 Å². The van der Waals surface area contributed by atoms with Crippen molar-refractivity contribution in [3.63, 3.8) is 0 Å². The Morgan fingerprint density at radius 3 is 2.69 bits per heavy atom. The highest BCUT2D eigenvalue weighted by Crippen LogP contribution is 2.13. The van der Waals surface area contributed by atoms with Gasteiger partial charge in [-0.2, -0.15) is 0 Å². The second-order valence-electron chi connectivity index (χ2n) is 6.77. The van der Waals surface area contributed by atoms with Crippen molar-refractivity contribution in [3.05, 3.63) is 29.8 Å². The van der Waals surface area contributed by atoms with Crippen molar-refractivity contribution in [2.45, 2.75) is 26.3 Å². The second kappa shape index (κ2) is 16.7. The van der Waals surface area contributed by atoms with Gasteiger partial charge in [0.2, 0.25) is 0 Å². The molecule has 1 aromatic rings. The van der Waals surface area contributed by atoms with E-state index in [1.165, 1.54) is 0 Å². The summed E-state index contributed by atoms with van der Waals surface area (Å²) < 4.78 is 21.7. The van der Waals surface area contributed by atoms with Gasteiger partial charge in [-0.15, -0.1) is 24.0 Å². The van der Waals surface area contributed by atoms with Crippen LogP contribution in [-0.2, 0) is 20.8 Å². The number of rotatable bonds is 13. The standard InChI is InChI=1S/C21H35N3O4.HI/c1-3-22-21(23-10-4-11-26-16-19-9-12-27-17-19)24-15-18-5-7-20(8-6-18)28-14-13-25-2;/h5-8,19H,3-4,9-17H2,1-2H3,(H2,22,23,24);1H. The van der Waals surface area contributed by atoms with E-state index in [2.05, 4.69) is 22.5 Å². The zero-order valence-electron chi connectivity index (χ0n) is 17.7. The Kier molecular flexibility index (Phi) is 14.9. The maximum atomic E-state index is 5.73. The van der Waals surface area contributed by atoms with Gasteiger partial charge in [0.15, 0.2) is 5.96 Å². The lowest BCUT2D eigenvalue weighted by Gasteiger charge is -2.12. The summed E-state index contributed by atoms with van der Waals surface area (Å²) in [5, 5.41) is 6.64. The van der Waals surface area contributed by atoms with Gasteiger partial charge in [-0.05, 0) is 37.5 Å². The lowest BCUT2D eigenvalue weighted by Crippen LogP contribution is -2.38. The SMILES string of the molecule is CCNC(=NCc1ccc(OCCOC)cc1)NCCCOCC1CCOC1.I. The molecule has 1 aliphatic heterocycles. The summed E-state index contributed by atoms with van der Waals surface area (Å²) >= 11 is 0. The van der Waals surface area contributed by atoms with Gasteiger partial charge < -0.3 is 29.6 Å². The van der Waals surface area contributed by atoms with Gasteiger partial charge in [-0.25, -0.2) is 4.99 Å². The number of hydrogen-bond acceptors (Lipinski definition) is 5. The molecule has 0 saturated carbocycles. The Morgan fingerprint density at radius 1 is 1.17 bits per heavy atom.